The lowest BCUT2D eigenvalue weighted by Crippen LogP contribution is -2.59. The van der Waals surface area contributed by atoms with Gasteiger partial charge in [0.25, 0.3) is 5.91 Å². The fourth-order valence-electron chi connectivity index (χ4n) is 4.70. The average Bonchev–Trinajstić information content (AvgIpc) is 3.40. The number of hydrogen-bond donors (Lipinski definition) is 4. The Balaban J connectivity index is 1.66. The number of aromatic nitrogens is 2. The molecule has 4 rings (SSSR count). The molecule has 1 aromatic heterocycles. The van der Waals surface area contributed by atoms with Crippen LogP contribution in [0.1, 0.15) is 29.8 Å². The summed E-state index contributed by atoms with van der Waals surface area (Å²) in [6.07, 6.45) is -3.88. The van der Waals surface area contributed by atoms with E-state index >= 15 is 0 Å². The first-order chi connectivity index (χ1) is 21.4. The third-order valence-corrected chi connectivity index (χ3v) is 9.16. The molecule has 1 heterocycles. The molecule has 0 saturated carbocycles. The minimum absolute atomic E-state index is 0.178. The molecule has 46 heavy (non-hydrogen) atoms. The Morgan fingerprint density at radius 3 is 2.37 bits per heavy atom. The van der Waals surface area contributed by atoms with Gasteiger partial charge in [0.15, 0.2) is 5.60 Å². The summed E-state index contributed by atoms with van der Waals surface area (Å²) in [4.78, 5) is 23.1. The molecule has 1 unspecified atom stereocenters. The standard InChI is InChI=1S/C30H32F4N6O5S/c1-18(2)39(46(44,45)23-9-7-21(31)8-10-23)17-29(43,30(32,33)34)16-37-25-11-19(3)12-26-24(25)14-38-40(26)22-6-4-5-20(13-22)28(42)36-15-27(35)41/h4-14,18,37,43H,15-17H2,1-3H3,(H2,35,41)(H,36,42). The Bertz CT molecular complexity index is 1860. The van der Waals surface area contributed by atoms with Crippen LogP contribution in [0.4, 0.5) is 23.2 Å². The smallest absolute Gasteiger partial charge is 0.381 e. The zero-order chi connectivity index (χ0) is 34.0. The van der Waals surface area contributed by atoms with Crippen molar-refractivity contribution < 1.29 is 40.7 Å². The molecule has 0 saturated heterocycles. The van der Waals surface area contributed by atoms with E-state index in [-0.39, 0.29) is 17.8 Å². The summed E-state index contributed by atoms with van der Waals surface area (Å²) in [6.45, 7) is 1.58. The van der Waals surface area contributed by atoms with Crippen molar-refractivity contribution in [2.45, 2.75) is 43.5 Å². The molecular weight excluding hydrogens is 632 g/mol. The minimum atomic E-state index is -5.27. The number of sulfonamides is 1. The van der Waals surface area contributed by atoms with Crippen molar-refractivity contribution in [1.29, 1.82) is 0 Å². The van der Waals surface area contributed by atoms with E-state index in [1.165, 1.54) is 36.9 Å². The van der Waals surface area contributed by atoms with Crippen LogP contribution >= 0.6 is 0 Å². The van der Waals surface area contributed by atoms with E-state index in [0.717, 1.165) is 24.3 Å². The van der Waals surface area contributed by atoms with Crippen LogP contribution in [-0.2, 0) is 14.8 Å². The Hall–Kier alpha value is -4.54. The molecule has 0 aliphatic carbocycles. The van der Waals surface area contributed by atoms with Crippen LogP contribution in [0.3, 0.4) is 0 Å². The highest BCUT2D eigenvalue weighted by atomic mass is 32.2. The molecular formula is C30H32F4N6O5S. The summed E-state index contributed by atoms with van der Waals surface area (Å²) in [7, 11) is -4.57. The molecule has 0 fully saturated rings. The topological polar surface area (TPSA) is 160 Å². The molecule has 0 aliphatic heterocycles. The van der Waals surface area contributed by atoms with Gasteiger partial charge in [0.1, 0.15) is 5.82 Å². The highest BCUT2D eigenvalue weighted by Gasteiger charge is 2.56. The first kappa shape index (κ1) is 34.3. The third-order valence-electron chi connectivity index (χ3n) is 7.12. The maximum atomic E-state index is 14.5. The van der Waals surface area contributed by atoms with Crippen molar-refractivity contribution in [3.05, 3.63) is 83.8 Å². The monoisotopic (exact) mass is 664 g/mol. The van der Waals surface area contributed by atoms with Crippen LogP contribution in [0.15, 0.2) is 71.8 Å². The molecule has 4 aromatic rings. The highest BCUT2D eigenvalue weighted by molar-refractivity contribution is 7.89. The molecule has 5 N–H and O–H groups in total. The second-order valence-corrected chi connectivity index (χ2v) is 12.9. The van der Waals surface area contributed by atoms with Crippen molar-refractivity contribution in [2.75, 3.05) is 25.0 Å². The van der Waals surface area contributed by atoms with Crippen LogP contribution in [-0.4, -0.2) is 76.9 Å². The summed E-state index contributed by atoms with van der Waals surface area (Å²) < 4.78 is 85.4. The second-order valence-electron chi connectivity index (χ2n) is 11.0. The number of amides is 2. The summed E-state index contributed by atoms with van der Waals surface area (Å²) in [5.74, 6) is -2.00. The lowest BCUT2D eigenvalue weighted by Gasteiger charge is -2.37. The molecule has 0 aliphatic rings. The Labute approximate surface area is 262 Å². The zero-order valence-electron chi connectivity index (χ0n) is 25.0. The quantitative estimate of drug-likeness (QED) is 0.169. The lowest BCUT2D eigenvalue weighted by atomic mass is 10.0. The van der Waals surface area contributed by atoms with Crippen molar-refractivity contribution >= 4 is 38.4 Å². The normalized spacial score (nSPS) is 13.6. The number of halogens is 4. The predicted molar refractivity (Wildman–Crippen MR) is 162 cm³/mol. The number of alkyl halides is 3. The number of fused-ring (bicyclic) bond motifs is 1. The Kier molecular flexibility index (Phi) is 9.75. The van der Waals surface area contributed by atoms with E-state index in [1.54, 1.807) is 31.2 Å². The average molecular weight is 665 g/mol. The summed E-state index contributed by atoms with van der Waals surface area (Å²) in [6, 6.07) is 12.2. The molecule has 246 valence electrons. The maximum Gasteiger partial charge on any atom is 0.420 e. The largest absolute Gasteiger partial charge is 0.420 e. The van der Waals surface area contributed by atoms with Gasteiger partial charge in [-0.3, -0.25) is 9.59 Å². The van der Waals surface area contributed by atoms with Gasteiger partial charge in [0.05, 0.1) is 41.9 Å². The molecule has 2 amide bonds. The lowest BCUT2D eigenvalue weighted by molar-refractivity contribution is -0.256. The number of carbonyl (C=O) groups excluding carboxylic acids is 2. The van der Waals surface area contributed by atoms with Gasteiger partial charge < -0.3 is 21.5 Å². The third kappa shape index (κ3) is 7.29. The maximum absolute atomic E-state index is 14.5. The van der Waals surface area contributed by atoms with Gasteiger partial charge in [-0.1, -0.05) is 6.07 Å². The Morgan fingerprint density at radius 2 is 1.76 bits per heavy atom. The van der Waals surface area contributed by atoms with Gasteiger partial charge >= 0.3 is 6.18 Å². The first-order valence-electron chi connectivity index (χ1n) is 13.9. The van der Waals surface area contributed by atoms with Crippen molar-refractivity contribution in [3.63, 3.8) is 0 Å². The molecule has 16 heteroatoms. The number of aliphatic hydroxyl groups is 1. The fraction of sp³-hybridized carbons (Fsp3) is 0.300. The second kappa shape index (κ2) is 13.1. The highest BCUT2D eigenvalue weighted by Crippen LogP contribution is 2.35. The van der Waals surface area contributed by atoms with Crippen LogP contribution in [0.25, 0.3) is 16.6 Å². The Morgan fingerprint density at radius 1 is 1.09 bits per heavy atom. The van der Waals surface area contributed by atoms with Crippen LogP contribution in [0, 0.1) is 12.7 Å². The van der Waals surface area contributed by atoms with Gasteiger partial charge in [-0.15, -0.1) is 0 Å². The van der Waals surface area contributed by atoms with Gasteiger partial charge in [-0.25, -0.2) is 17.5 Å². The molecule has 1 atom stereocenters. The van der Waals surface area contributed by atoms with Crippen LogP contribution in [0.2, 0.25) is 0 Å². The minimum Gasteiger partial charge on any atom is -0.381 e. The number of aryl methyl sites for hydroxylation is 1. The summed E-state index contributed by atoms with van der Waals surface area (Å²) >= 11 is 0. The van der Waals surface area contributed by atoms with E-state index < -0.39 is 63.5 Å². The van der Waals surface area contributed by atoms with Crippen LogP contribution < -0.4 is 16.4 Å². The predicted octanol–water partition coefficient (Wildman–Crippen LogP) is 3.49. The number of anilines is 1. The number of hydrogen-bond acceptors (Lipinski definition) is 7. The van der Waals surface area contributed by atoms with Crippen molar-refractivity contribution in [1.82, 2.24) is 19.4 Å². The van der Waals surface area contributed by atoms with Gasteiger partial charge in [0.2, 0.25) is 15.9 Å². The summed E-state index contributed by atoms with van der Waals surface area (Å²) in [5.41, 5.74) is 3.42. The number of primary amides is 1. The van der Waals surface area contributed by atoms with E-state index in [2.05, 4.69) is 15.7 Å². The molecule has 3 aromatic carbocycles. The van der Waals surface area contributed by atoms with Crippen molar-refractivity contribution in [3.8, 4) is 5.69 Å². The number of nitrogens with zero attached hydrogens (tertiary/aromatic N) is 3. The number of benzene rings is 3. The molecule has 0 bridgehead atoms. The van der Waals surface area contributed by atoms with Crippen LogP contribution in [0.5, 0.6) is 0 Å². The fourth-order valence-corrected chi connectivity index (χ4v) is 6.39. The number of carbonyl (C=O) groups is 2. The number of nitrogens with one attached hydrogen (secondary N) is 2. The van der Waals surface area contributed by atoms with Crippen molar-refractivity contribution in [2.24, 2.45) is 5.73 Å². The molecule has 0 radical (unpaired) electrons. The SMILES string of the molecule is Cc1cc(NCC(O)(CN(C(C)C)S(=O)(=O)c2ccc(F)cc2)C(F)(F)F)c2cnn(-c3cccc(C(=O)NCC(N)=O)c3)c2c1. The van der Waals surface area contributed by atoms with Gasteiger partial charge in [-0.2, -0.15) is 22.6 Å². The van der Waals surface area contributed by atoms with E-state index in [9.17, 15) is 40.7 Å². The van der Waals surface area contributed by atoms with E-state index in [1.807, 2.05) is 0 Å². The molecule has 0 spiro atoms. The number of rotatable bonds is 12. The van der Waals surface area contributed by atoms with E-state index in [4.69, 9.17) is 5.73 Å². The van der Waals surface area contributed by atoms with Gasteiger partial charge in [0, 0.05) is 22.7 Å². The summed E-state index contributed by atoms with van der Waals surface area (Å²) in [5, 5.41) is 20.8. The van der Waals surface area contributed by atoms with E-state index in [0.29, 0.717) is 26.5 Å². The number of nitrogens with two attached hydrogens (primary N) is 1. The van der Waals surface area contributed by atoms with Gasteiger partial charge in [-0.05, 0) is 80.9 Å². The first-order valence-corrected chi connectivity index (χ1v) is 15.3. The zero-order valence-corrected chi connectivity index (χ0v) is 25.8. The molecule has 11 nitrogen and oxygen atoms in total.